The van der Waals surface area contributed by atoms with Crippen LogP contribution >= 0.6 is 0 Å². The molecule has 0 aromatic heterocycles. The predicted octanol–water partition coefficient (Wildman–Crippen LogP) is 4.09. The highest BCUT2D eigenvalue weighted by atomic mass is 19.1. The highest BCUT2D eigenvalue weighted by Gasteiger charge is 2.12. The van der Waals surface area contributed by atoms with Crippen molar-refractivity contribution in [2.45, 2.75) is 20.4 Å². The Hall–Kier alpha value is -2.23. The summed E-state index contributed by atoms with van der Waals surface area (Å²) in [6.45, 7) is 3.40. The summed E-state index contributed by atoms with van der Waals surface area (Å²) in [5.74, 6) is -1.14. The van der Waals surface area contributed by atoms with E-state index in [0.29, 0.717) is 17.8 Å². The maximum atomic E-state index is 13.6. The summed E-state index contributed by atoms with van der Waals surface area (Å²) in [6, 6.07) is 9.21. The van der Waals surface area contributed by atoms with Crippen molar-refractivity contribution in [3.8, 4) is 0 Å². The van der Waals surface area contributed by atoms with Gasteiger partial charge in [0.15, 0.2) is 5.78 Å². The van der Waals surface area contributed by atoms with Crippen LogP contribution in [0.1, 0.15) is 28.4 Å². The second-order valence-corrected chi connectivity index (χ2v) is 4.66. The Balaban J connectivity index is 2.21. The summed E-state index contributed by atoms with van der Waals surface area (Å²) in [5, 5.41) is 3.02. The molecule has 0 saturated carbocycles. The first-order valence-electron chi connectivity index (χ1n) is 6.27. The Morgan fingerprint density at radius 3 is 2.55 bits per heavy atom. The molecule has 104 valence electrons. The van der Waals surface area contributed by atoms with E-state index in [1.807, 2.05) is 0 Å². The zero-order valence-electron chi connectivity index (χ0n) is 11.3. The summed E-state index contributed by atoms with van der Waals surface area (Å²) in [5.41, 5.74) is 1.91. The number of carbonyl (C=O) groups excluding carboxylic acids is 1. The highest BCUT2D eigenvalue weighted by molar-refractivity contribution is 5.99. The van der Waals surface area contributed by atoms with Gasteiger partial charge in [0.1, 0.15) is 11.6 Å². The van der Waals surface area contributed by atoms with Crippen LogP contribution in [0.15, 0.2) is 36.4 Å². The van der Waals surface area contributed by atoms with Crippen molar-refractivity contribution < 1.29 is 13.6 Å². The third kappa shape index (κ3) is 3.02. The summed E-state index contributed by atoms with van der Waals surface area (Å²) in [7, 11) is 0. The van der Waals surface area contributed by atoms with Crippen LogP contribution in [-0.4, -0.2) is 5.78 Å². The zero-order valence-corrected chi connectivity index (χ0v) is 11.3. The largest absolute Gasteiger partial charge is 0.380 e. The fraction of sp³-hybridized carbons (Fsp3) is 0.188. The number of aryl methyl sites for hydroxylation is 1. The first-order chi connectivity index (χ1) is 9.49. The average molecular weight is 275 g/mol. The van der Waals surface area contributed by atoms with E-state index in [-0.39, 0.29) is 17.2 Å². The Labute approximate surface area is 116 Å². The molecule has 0 bridgehead atoms. The Bertz CT molecular complexity index is 653. The highest BCUT2D eigenvalue weighted by Crippen LogP contribution is 2.20. The van der Waals surface area contributed by atoms with E-state index in [1.54, 1.807) is 31.2 Å². The van der Waals surface area contributed by atoms with Crippen molar-refractivity contribution in [2.75, 3.05) is 5.32 Å². The molecule has 0 spiro atoms. The van der Waals surface area contributed by atoms with Gasteiger partial charge in [-0.3, -0.25) is 4.79 Å². The van der Waals surface area contributed by atoms with Crippen LogP contribution in [0.2, 0.25) is 0 Å². The number of carbonyl (C=O) groups is 1. The predicted molar refractivity (Wildman–Crippen MR) is 74.9 cm³/mol. The molecule has 0 aliphatic carbocycles. The quantitative estimate of drug-likeness (QED) is 0.851. The summed E-state index contributed by atoms with van der Waals surface area (Å²) in [4.78, 5) is 11.5. The van der Waals surface area contributed by atoms with E-state index >= 15 is 0 Å². The average Bonchev–Trinajstić information content (AvgIpc) is 2.39. The third-order valence-corrected chi connectivity index (χ3v) is 3.07. The van der Waals surface area contributed by atoms with E-state index in [2.05, 4.69) is 5.32 Å². The van der Waals surface area contributed by atoms with E-state index in [0.717, 1.165) is 5.56 Å². The Morgan fingerprint density at radius 1 is 1.15 bits per heavy atom. The van der Waals surface area contributed by atoms with Gasteiger partial charge in [-0.25, -0.2) is 8.78 Å². The van der Waals surface area contributed by atoms with Gasteiger partial charge in [0.05, 0.1) is 5.56 Å². The SMILES string of the molecule is CC(=O)c1c(F)cccc1NCc1ccc(F)c(C)c1. The number of hydrogen-bond donors (Lipinski definition) is 1. The van der Waals surface area contributed by atoms with Crippen LogP contribution in [0, 0.1) is 18.6 Å². The lowest BCUT2D eigenvalue weighted by atomic mass is 10.1. The maximum Gasteiger partial charge on any atom is 0.164 e. The van der Waals surface area contributed by atoms with Gasteiger partial charge in [-0.15, -0.1) is 0 Å². The lowest BCUT2D eigenvalue weighted by Crippen LogP contribution is -2.07. The van der Waals surface area contributed by atoms with Gasteiger partial charge in [-0.2, -0.15) is 0 Å². The molecular weight excluding hydrogens is 260 g/mol. The minimum Gasteiger partial charge on any atom is -0.380 e. The normalized spacial score (nSPS) is 10.4. The number of Topliss-reactive ketones (excluding diaryl/α,β-unsaturated/α-hetero) is 1. The van der Waals surface area contributed by atoms with Crippen molar-refractivity contribution >= 4 is 11.5 Å². The second kappa shape index (κ2) is 5.82. The van der Waals surface area contributed by atoms with Crippen LogP contribution in [-0.2, 0) is 6.54 Å². The van der Waals surface area contributed by atoms with Crippen molar-refractivity contribution in [2.24, 2.45) is 0 Å². The van der Waals surface area contributed by atoms with Crippen molar-refractivity contribution in [3.05, 3.63) is 64.7 Å². The summed E-state index contributed by atoms with van der Waals surface area (Å²) < 4.78 is 26.8. The van der Waals surface area contributed by atoms with Crippen LogP contribution in [0.4, 0.5) is 14.5 Å². The van der Waals surface area contributed by atoms with Crippen molar-refractivity contribution in [1.82, 2.24) is 0 Å². The molecule has 2 nitrogen and oxygen atoms in total. The number of ketones is 1. The molecule has 0 saturated heterocycles. The fourth-order valence-corrected chi connectivity index (χ4v) is 2.04. The molecule has 0 radical (unpaired) electrons. The van der Waals surface area contributed by atoms with Gasteiger partial charge >= 0.3 is 0 Å². The number of hydrogen-bond acceptors (Lipinski definition) is 2. The lowest BCUT2D eigenvalue weighted by Gasteiger charge is -2.11. The molecule has 20 heavy (non-hydrogen) atoms. The van der Waals surface area contributed by atoms with E-state index in [4.69, 9.17) is 0 Å². The molecule has 2 aromatic rings. The smallest absolute Gasteiger partial charge is 0.164 e. The van der Waals surface area contributed by atoms with Crippen LogP contribution in [0.3, 0.4) is 0 Å². The van der Waals surface area contributed by atoms with Gasteiger partial charge in [0.25, 0.3) is 0 Å². The van der Waals surface area contributed by atoms with Crippen molar-refractivity contribution in [1.29, 1.82) is 0 Å². The number of rotatable bonds is 4. The number of benzene rings is 2. The van der Waals surface area contributed by atoms with Crippen LogP contribution < -0.4 is 5.32 Å². The molecule has 0 aliphatic rings. The number of halogens is 2. The number of anilines is 1. The van der Waals surface area contributed by atoms with Gasteiger partial charge < -0.3 is 5.32 Å². The Morgan fingerprint density at radius 2 is 1.90 bits per heavy atom. The van der Waals surface area contributed by atoms with Gasteiger partial charge in [0.2, 0.25) is 0 Å². The molecule has 0 atom stereocenters. The monoisotopic (exact) mass is 275 g/mol. The maximum absolute atomic E-state index is 13.6. The molecular formula is C16H15F2NO. The molecule has 0 amide bonds. The van der Waals surface area contributed by atoms with Crippen molar-refractivity contribution in [3.63, 3.8) is 0 Å². The summed E-state index contributed by atoms with van der Waals surface area (Å²) >= 11 is 0. The topological polar surface area (TPSA) is 29.1 Å². The lowest BCUT2D eigenvalue weighted by molar-refractivity contribution is 0.101. The van der Waals surface area contributed by atoms with Crippen LogP contribution in [0.5, 0.6) is 0 Å². The number of nitrogens with one attached hydrogen (secondary N) is 1. The molecule has 0 fully saturated rings. The second-order valence-electron chi connectivity index (χ2n) is 4.66. The minimum absolute atomic E-state index is 0.0475. The van der Waals surface area contributed by atoms with Gasteiger partial charge in [-0.05, 0) is 43.2 Å². The minimum atomic E-state index is -0.544. The first-order valence-corrected chi connectivity index (χ1v) is 6.27. The molecule has 0 heterocycles. The standard InChI is InChI=1S/C16H15F2NO/c1-10-8-12(6-7-13(10)17)9-19-15-5-3-4-14(18)16(15)11(2)20/h3-8,19H,9H2,1-2H3. The van der Waals surface area contributed by atoms with E-state index in [9.17, 15) is 13.6 Å². The molecule has 0 aliphatic heterocycles. The van der Waals surface area contributed by atoms with Crippen LogP contribution in [0.25, 0.3) is 0 Å². The molecule has 0 unspecified atom stereocenters. The molecule has 4 heteroatoms. The molecule has 2 rings (SSSR count). The molecule has 2 aromatic carbocycles. The Kier molecular flexibility index (Phi) is 4.13. The fourth-order valence-electron chi connectivity index (χ4n) is 2.04. The van der Waals surface area contributed by atoms with Gasteiger partial charge in [0, 0.05) is 12.2 Å². The third-order valence-electron chi connectivity index (χ3n) is 3.07. The van der Waals surface area contributed by atoms with E-state index in [1.165, 1.54) is 19.1 Å². The molecule has 1 N–H and O–H groups in total. The summed E-state index contributed by atoms with van der Waals surface area (Å²) in [6.07, 6.45) is 0. The zero-order chi connectivity index (χ0) is 14.7. The van der Waals surface area contributed by atoms with Gasteiger partial charge in [-0.1, -0.05) is 18.2 Å². The van der Waals surface area contributed by atoms with E-state index < -0.39 is 5.82 Å². The first kappa shape index (κ1) is 14.2.